The Morgan fingerprint density at radius 2 is 2.12 bits per heavy atom. The van der Waals surface area contributed by atoms with E-state index in [2.05, 4.69) is 21.1 Å². The second kappa shape index (κ2) is 6.03. The Hall–Kier alpha value is -2.76. The Balaban J connectivity index is 1.62. The van der Waals surface area contributed by atoms with Gasteiger partial charge in [0.05, 0.1) is 11.3 Å². The zero-order valence-corrected chi connectivity index (χ0v) is 13.6. The van der Waals surface area contributed by atoms with Crippen LogP contribution in [0.15, 0.2) is 42.9 Å². The molecule has 1 aliphatic heterocycles. The fourth-order valence-corrected chi connectivity index (χ4v) is 3.48. The van der Waals surface area contributed by atoms with E-state index in [1.807, 2.05) is 28.8 Å². The standard InChI is InChI=1S/C18H19N5O/c1-22-17-15(7-3-9-20-17)16(21-22)14-6-4-10-23(12-14)18(24)13-5-2-8-19-11-13/h2-3,5,7-9,11,14H,4,6,10,12H2,1H3/t14-/m0/s1. The third-order valence-electron chi connectivity index (χ3n) is 4.63. The minimum atomic E-state index is 0.0474. The molecule has 1 saturated heterocycles. The first-order valence-corrected chi connectivity index (χ1v) is 8.21. The number of pyridine rings is 2. The van der Waals surface area contributed by atoms with Crippen molar-refractivity contribution in [3.05, 3.63) is 54.1 Å². The molecule has 3 aromatic heterocycles. The highest BCUT2D eigenvalue weighted by Crippen LogP contribution is 2.31. The maximum atomic E-state index is 12.7. The molecule has 0 saturated carbocycles. The lowest BCUT2D eigenvalue weighted by Gasteiger charge is -2.32. The maximum absolute atomic E-state index is 12.7. The van der Waals surface area contributed by atoms with Gasteiger partial charge in [-0.05, 0) is 37.1 Å². The van der Waals surface area contributed by atoms with Gasteiger partial charge in [0.25, 0.3) is 5.91 Å². The molecule has 1 aliphatic rings. The van der Waals surface area contributed by atoms with Gasteiger partial charge in [0.2, 0.25) is 0 Å². The number of aromatic nitrogens is 4. The molecule has 24 heavy (non-hydrogen) atoms. The Morgan fingerprint density at radius 3 is 2.96 bits per heavy atom. The Labute approximate surface area is 140 Å². The van der Waals surface area contributed by atoms with Crippen molar-refractivity contribution in [2.45, 2.75) is 18.8 Å². The molecule has 0 unspecified atom stereocenters. The van der Waals surface area contributed by atoms with Crippen molar-refractivity contribution < 1.29 is 4.79 Å². The number of carbonyl (C=O) groups is 1. The monoisotopic (exact) mass is 321 g/mol. The summed E-state index contributed by atoms with van der Waals surface area (Å²) in [6.45, 7) is 1.47. The normalized spacial score (nSPS) is 18.0. The quantitative estimate of drug-likeness (QED) is 0.727. The number of hydrogen-bond acceptors (Lipinski definition) is 4. The molecular formula is C18H19N5O. The molecule has 6 nitrogen and oxygen atoms in total. The van der Waals surface area contributed by atoms with Crippen LogP contribution in [0.25, 0.3) is 11.0 Å². The summed E-state index contributed by atoms with van der Waals surface area (Å²) in [6.07, 6.45) is 7.12. The van der Waals surface area contributed by atoms with Crippen LogP contribution in [0.4, 0.5) is 0 Å². The van der Waals surface area contributed by atoms with Gasteiger partial charge in [-0.2, -0.15) is 5.10 Å². The summed E-state index contributed by atoms with van der Waals surface area (Å²) in [7, 11) is 1.92. The van der Waals surface area contributed by atoms with Crippen molar-refractivity contribution in [2.24, 2.45) is 7.05 Å². The average molecular weight is 321 g/mol. The zero-order valence-electron chi connectivity index (χ0n) is 13.6. The zero-order chi connectivity index (χ0) is 16.5. The molecule has 3 aromatic rings. The highest BCUT2D eigenvalue weighted by Gasteiger charge is 2.28. The Bertz CT molecular complexity index is 874. The van der Waals surface area contributed by atoms with Crippen LogP contribution in [0.3, 0.4) is 0 Å². The Morgan fingerprint density at radius 1 is 1.25 bits per heavy atom. The molecule has 0 spiro atoms. The number of aryl methyl sites for hydroxylation is 1. The van der Waals surface area contributed by atoms with Crippen molar-refractivity contribution in [1.29, 1.82) is 0 Å². The number of fused-ring (bicyclic) bond motifs is 1. The SMILES string of the molecule is Cn1nc([C@H]2CCCN(C(=O)c3cccnc3)C2)c2cccnc21. The molecule has 1 amide bonds. The fourth-order valence-electron chi connectivity index (χ4n) is 3.48. The van der Waals surface area contributed by atoms with E-state index in [0.717, 1.165) is 36.1 Å². The number of amides is 1. The van der Waals surface area contributed by atoms with Crippen LogP contribution in [-0.2, 0) is 7.05 Å². The van der Waals surface area contributed by atoms with E-state index >= 15 is 0 Å². The first-order chi connectivity index (χ1) is 11.7. The van der Waals surface area contributed by atoms with Crippen LogP contribution in [0, 0.1) is 0 Å². The lowest BCUT2D eigenvalue weighted by molar-refractivity contribution is 0.0705. The highest BCUT2D eigenvalue weighted by molar-refractivity contribution is 5.94. The number of likely N-dealkylation sites (tertiary alicyclic amines) is 1. The highest BCUT2D eigenvalue weighted by atomic mass is 16.2. The molecule has 0 aliphatic carbocycles. The van der Waals surface area contributed by atoms with E-state index in [-0.39, 0.29) is 11.8 Å². The van der Waals surface area contributed by atoms with Gasteiger partial charge in [-0.3, -0.25) is 14.5 Å². The van der Waals surface area contributed by atoms with Crippen LogP contribution in [-0.4, -0.2) is 43.6 Å². The van der Waals surface area contributed by atoms with E-state index in [1.54, 1.807) is 24.7 Å². The van der Waals surface area contributed by atoms with Crippen LogP contribution in [0.2, 0.25) is 0 Å². The summed E-state index contributed by atoms with van der Waals surface area (Å²) in [5.41, 5.74) is 2.58. The number of rotatable bonds is 2. The molecule has 0 N–H and O–H groups in total. The average Bonchev–Trinajstić information content (AvgIpc) is 2.99. The summed E-state index contributed by atoms with van der Waals surface area (Å²) < 4.78 is 1.83. The van der Waals surface area contributed by atoms with Gasteiger partial charge in [0.15, 0.2) is 5.65 Å². The van der Waals surface area contributed by atoms with E-state index in [4.69, 9.17) is 0 Å². The van der Waals surface area contributed by atoms with Crippen LogP contribution in [0.1, 0.15) is 34.8 Å². The predicted octanol–water partition coefficient (Wildman–Crippen LogP) is 2.38. The molecule has 122 valence electrons. The number of hydrogen-bond donors (Lipinski definition) is 0. The second-order valence-electron chi connectivity index (χ2n) is 6.22. The topological polar surface area (TPSA) is 63.9 Å². The van der Waals surface area contributed by atoms with Crippen LogP contribution >= 0.6 is 0 Å². The molecule has 4 rings (SSSR count). The largest absolute Gasteiger partial charge is 0.338 e. The van der Waals surface area contributed by atoms with Crippen molar-refractivity contribution in [3.8, 4) is 0 Å². The summed E-state index contributed by atoms with van der Waals surface area (Å²) in [6, 6.07) is 7.62. The van der Waals surface area contributed by atoms with Crippen LogP contribution in [0.5, 0.6) is 0 Å². The van der Waals surface area contributed by atoms with Crippen molar-refractivity contribution in [3.63, 3.8) is 0 Å². The lowest BCUT2D eigenvalue weighted by Crippen LogP contribution is -2.39. The van der Waals surface area contributed by atoms with Crippen molar-refractivity contribution >= 4 is 16.9 Å². The Kier molecular flexibility index (Phi) is 3.72. The van der Waals surface area contributed by atoms with E-state index in [1.165, 1.54) is 0 Å². The van der Waals surface area contributed by atoms with Gasteiger partial charge in [-0.1, -0.05) is 0 Å². The van der Waals surface area contributed by atoms with E-state index in [9.17, 15) is 4.79 Å². The molecule has 4 heterocycles. The molecule has 0 bridgehead atoms. The second-order valence-corrected chi connectivity index (χ2v) is 6.22. The summed E-state index contributed by atoms with van der Waals surface area (Å²) >= 11 is 0. The summed E-state index contributed by atoms with van der Waals surface area (Å²) in [5, 5.41) is 5.77. The van der Waals surface area contributed by atoms with Gasteiger partial charge in [-0.15, -0.1) is 0 Å². The van der Waals surface area contributed by atoms with E-state index in [0.29, 0.717) is 12.1 Å². The summed E-state index contributed by atoms with van der Waals surface area (Å²) in [5.74, 6) is 0.290. The predicted molar refractivity (Wildman–Crippen MR) is 90.6 cm³/mol. The molecule has 1 atom stereocenters. The van der Waals surface area contributed by atoms with Gasteiger partial charge in [-0.25, -0.2) is 4.98 Å². The molecule has 1 fully saturated rings. The van der Waals surface area contributed by atoms with Gasteiger partial charge in [0, 0.05) is 50.0 Å². The number of carbonyl (C=O) groups excluding carboxylic acids is 1. The third kappa shape index (κ3) is 2.54. The number of piperidine rings is 1. The smallest absolute Gasteiger partial charge is 0.255 e. The van der Waals surface area contributed by atoms with Gasteiger partial charge in [0.1, 0.15) is 0 Å². The van der Waals surface area contributed by atoms with Gasteiger partial charge < -0.3 is 4.90 Å². The molecular weight excluding hydrogens is 302 g/mol. The van der Waals surface area contributed by atoms with E-state index < -0.39 is 0 Å². The van der Waals surface area contributed by atoms with Crippen molar-refractivity contribution in [1.82, 2.24) is 24.6 Å². The maximum Gasteiger partial charge on any atom is 0.255 e. The van der Waals surface area contributed by atoms with Crippen LogP contribution < -0.4 is 0 Å². The minimum Gasteiger partial charge on any atom is -0.338 e. The molecule has 0 aromatic carbocycles. The molecule has 0 radical (unpaired) electrons. The summed E-state index contributed by atoms with van der Waals surface area (Å²) in [4.78, 5) is 23.1. The molecule has 6 heteroatoms. The first kappa shape index (κ1) is 14.8. The fraction of sp³-hybridized carbons (Fsp3) is 0.333. The number of nitrogens with zero attached hydrogens (tertiary/aromatic N) is 5. The first-order valence-electron chi connectivity index (χ1n) is 8.21. The van der Waals surface area contributed by atoms with Gasteiger partial charge >= 0.3 is 0 Å². The third-order valence-corrected chi connectivity index (χ3v) is 4.63. The minimum absolute atomic E-state index is 0.0474. The van der Waals surface area contributed by atoms with Crippen molar-refractivity contribution in [2.75, 3.05) is 13.1 Å². The lowest BCUT2D eigenvalue weighted by atomic mass is 9.93.